The van der Waals surface area contributed by atoms with E-state index in [0.29, 0.717) is 17.0 Å². The van der Waals surface area contributed by atoms with Gasteiger partial charge in [0.05, 0.1) is 6.10 Å². The summed E-state index contributed by atoms with van der Waals surface area (Å²) in [4.78, 5) is 15.9. The lowest BCUT2D eigenvalue weighted by Gasteiger charge is -2.14. The van der Waals surface area contributed by atoms with E-state index >= 15 is 0 Å². The summed E-state index contributed by atoms with van der Waals surface area (Å²) >= 11 is 0. The Morgan fingerprint density at radius 3 is 2.90 bits per heavy atom. The monoisotopic (exact) mass is 283 g/mol. The molecule has 0 spiro atoms. The van der Waals surface area contributed by atoms with Gasteiger partial charge in [-0.3, -0.25) is 4.79 Å². The molecule has 1 aromatic carbocycles. The van der Waals surface area contributed by atoms with Crippen molar-refractivity contribution in [1.29, 1.82) is 0 Å². The van der Waals surface area contributed by atoms with Crippen molar-refractivity contribution in [3.8, 4) is 17.2 Å². The van der Waals surface area contributed by atoms with Crippen molar-refractivity contribution >= 4 is 11.1 Å². The fourth-order valence-corrected chi connectivity index (χ4v) is 2.36. The Hall–Kier alpha value is -2.36. The predicted octanol–water partition coefficient (Wildman–Crippen LogP) is 3.86. The first-order chi connectivity index (χ1) is 10.2. The van der Waals surface area contributed by atoms with E-state index in [9.17, 15) is 4.79 Å². The second kappa shape index (κ2) is 5.56. The second-order valence-electron chi connectivity index (χ2n) is 5.19. The predicted molar refractivity (Wildman–Crippen MR) is 81.9 cm³/mol. The van der Waals surface area contributed by atoms with Crippen LogP contribution in [0.4, 0.5) is 0 Å². The van der Waals surface area contributed by atoms with Crippen molar-refractivity contribution < 1.29 is 9.15 Å². The SMILES string of the molecule is CCCC(C)Oc1ccc2nc3ccc(=O)cc-3oc2c1. The minimum atomic E-state index is -0.0867. The van der Waals surface area contributed by atoms with Crippen molar-refractivity contribution in [2.45, 2.75) is 32.8 Å². The molecule has 0 bridgehead atoms. The van der Waals surface area contributed by atoms with Crippen molar-refractivity contribution in [3.63, 3.8) is 0 Å². The van der Waals surface area contributed by atoms with Crippen LogP contribution in [0.3, 0.4) is 0 Å². The van der Waals surface area contributed by atoms with Gasteiger partial charge in [-0.15, -0.1) is 0 Å². The molecule has 1 heterocycles. The van der Waals surface area contributed by atoms with Gasteiger partial charge in [0, 0.05) is 12.1 Å². The zero-order chi connectivity index (χ0) is 14.8. The number of aromatic nitrogens is 1. The highest BCUT2D eigenvalue weighted by Crippen LogP contribution is 2.27. The van der Waals surface area contributed by atoms with Gasteiger partial charge in [-0.1, -0.05) is 13.3 Å². The Balaban J connectivity index is 2.02. The summed E-state index contributed by atoms with van der Waals surface area (Å²) in [5.74, 6) is 1.25. The number of benzene rings is 2. The number of ether oxygens (including phenoxy) is 1. The Kier molecular flexibility index (Phi) is 3.60. The van der Waals surface area contributed by atoms with Gasteiger partial charge in [0.1, 0.15) is 17.0 Å². The summed E-state index contributed by atoms with van der Waals surface area (Å²) in [6, 6.07) is 10.2. The second-order valence-corrected chi connectivity index (χ2v) is 5.19. The number of nitrogens with zero attached hydrogens (tertiary/aromatic N) is 1. The van der Waals surface area contributed by atoms with Gasteiger partial charge in [0.2, 0.25) is 0 Å². The first-order valence-corrected chi connectivity index (χ1v) is 7.17. The van der Waals surface area contributed by atoms with Crippen molar-refractivity contribution in [2.75, 3.05) is 0 Å². The molecule has 0 amide bonds. The van der Waals surface area contributed by atoms with Crippen LogP contribution in [0.5, 0.6) is 5.75 Å². The highest BCUT2D eigenvalue weighted by atomic mass is 16.5. The molecule has 0 N–H and O–H groups in total. The van der Waals surface area contributed by atoms with Crippen LogP contribution in [-0.2, 0) is 0 Å². The zero-order valence-electron chi connectivity index (χ0n) is 12.1. The van der Waals surface area contributed by atoms with Crippen molar-refractivity contribution in [2.24, 2.45) is 0 Å². The van der Waals surface area contributed by atoms with Crippen LogP contribution in [0.1, 0.15) is 26.7 Å². The van der Waals surface area contributed by atoms with E-state index in [1.165, 1.54) is 12.1 Å². The first-order valence-electron chi connectivity index (χ1n) is 7.17. The third-order valence-electron chi connectivity index (χ3n) is 3.36. The van der Waals surface area contributed by atoms with Crippen LogP contribution >= 0.6 is 0 Å². The zero-order valence-corrected chi connectivity index (χ0v) is 12.1. The summed E-state index contributed by atoms with van der Waals surface area (Å²) in [7, 11) is 0. The number of hydrogen-bond donors (Lipinski definition) is 0. The van der Waals surface area contributed by atoms with Gasteiger partial charge in [0.15, 0.2) is 16.8 Å². The molecule has 0 radical (unpaired) electrons. The fraction of sp³-hybridized carbons (Fsp3) is 0.294. The molecule has 0 saturated carbocycles. The first kappa shape index (κ1) is 13.6. The van der Waals surface area contributed by atoms with Crippen molar-refractivity contribution in [1.82, 2.24) is 4.98 Å². The van der Waals surface area contributed by atoms with Gasteiger partial charge in [0.25, 0.3) is 0 Å². The maximum Gasteiger partial charge on any atom is 0.182 e. The third kappa shape index (κ3) is 2.89. The topological polar surface area (TPSA) is 52.3 Å². The normalized spacial score (nSPS) is 12.7. The molecule has 1 aliphatic heterocycles. The summed E-state index contributed by atoms with van der Waals surface area (Å²) in [5.41, 5.74) is 1.96. The van der Waals surface area contributed by atoms with Crippen LogP contribution in [0.25, 0.3) is 22.6 Å². The van der Waals surface area contributed by atoms with E-state index in [0.717, 1.165) is 24.1 Å². The molecule has 3 rings (SSSR count). The fourth-order valence-electron chi connectivity index (χ4n) is 2.36. The van der Waals surface area contributed by atoms with Gasteiger partial charge >= 0.3 is 0 Å². The molecular formula is C17H17NO3. The van der Waals surface area contributed by atoms with E-state index in [2.05, 4.69) is 11.9 Å². The maximum atomic E-state index is 11.4. The van der Waals surface area contributed by atoms with Gasteiger partial charge in [-0.25, -0.2) is 4.98 Å². The Labute approximate surface area is 122 Å². The average molecular weight is 283 g/mol. The smallest absolute Gasteiger partial charge is 0.182 e. The van der Waals surface area contributed by atoms with E-state index in [1.54, 1.807) is 6.07 Å². The lowest BCUT2D eigenvalue weighted by atomic mass is 10.2. The lowest BCUT2D eigenvalue weighted by Crippen LogP contribution is -2.10. The van der Waals surface area contributed by atoms with Crippen LogP contribution < -0.4 is 10.2 Å². The molecule has 0 aromatic heterocycles. The molecule has 4 nitrogen and oxygen atoms in total. The van der Waals surface area contributed by atoms with Crippen molar-refractivity contribution in [3.05, 3.63) is 46.6 Å². The quantitative estimate of drug-likeness (QED) is 0.682. The van der Waals surface area contributed by atoms with E-state index in [4.69, 9.17) is 9.15 Å². The lowest BCUT2D eigenvalue weighted by molar-refractivity contribution is 0.210. The molecule has 21 heavy (non-hydrogen) atoms. The van der Waals surface area contributed by atoms with Gasteiger partial charge in [-0.05, 0) is 37.6 Å². The molecule has 108 valence electrons. The van der Waals surface area contributed by atoms with Crippen LogP contribution in [0.2, 0.25) is 0 Å². The van der Waals surface area contributed by atoms with E-state index in [-0.39, 0.29) is 11.5 Å². The molecule has 4 heteroatoms. The minimum Gasteiger partial charge on any atom is -0.491 e. The summed E-state index contributed by atoms with van der Waals surface area (Å²) in [6.45, 7) is 4.18. The average Bonchev–Trinajstić information content (AvgIpc) is 2.45. The van der Waals surface area contributed by atoms with Gasteiger partial charge < -0.3 is 9.15 Å². The molecular weight excluding hydrogens is 266 g/mol. The molecule has 0 saturated heterocycles. The van der Waals surface area contributed by atoms with Crippen LogP contribution in [0, 0.1) is 0 Å². The summed E-state index contributed by atoms with van der Waals surface area (Å²) in [6.07, 6.45) is 2.25. The number of rotatable bonds is 4. The van der Waals surface area contributed by atoms with E-state index in [1.807, 2.05) is 25.1 Å². The summed E-state index contributed by atoms with van der Waals surface area (Å²) < 4.78 is 11.6. The minimum absolute atomic E-state index is 0.0867. The van der Waals surface area contributed by atoms with Crippen LogP contribution in [-0.4, -0.2) is 11.1 Å². The number of hydrogen-bond acceptors (Lipinski definition) is 4. The number of fused-ring (bicyclic) bond motifs is 2. The maximum absolute atomic E-state index is 11.4. The molecule has 1 atom stereocenters. The van der Waals surface area contributed by atoms with E-state index < -0.39 is 0 Å². The molecule has 0 fully saturated rings. The molecule has 1 aromatic rings. The highest BCUT2D eigenvalue weighted by molar-refractivity contribution is 5.77. The Morgan fingerprint density at radius 2 is 2.10 bits per heavy atom. The largest absolute Gasteiger partial charge is 0.491 e. The molecule has 1 aliphatic carbocycles. The van der Waals surface area contributed by atoms with Crippen LogP contribution in [0.15, 0.2) is 45.6 Å². The highest BCUT2D eigenvalue weighted by Gasteiger charge is 2.10. The third-order valence-corrected chi connectivity index (χ3v) is 3.36. The molecule has 1 unspecified atom stereocenters. The van der Waals surface area contributed by atoms with Gasteiger partial charge in [-0.2, -0.15) is 0 Å². The Morgan fingerprint density at radius 1 is 1.24 bits per heavy atom. The standard InChI is InChI=1S/C17H17NO3/c1-3-4-11(2)20-13-6-8-15-17(10-13)21-16-9-12(19)5-7-14(16)18-15/h5-11H,3-4H2,1-2H3. The summed E-state index contributed by atoms with van der Waals surface area (Å²) in [5, 5.41) is 0. The molecule has 2 aliphatic rings. The Bertz CT molecular complexity index is 794.